The van der Waals surface area contributed by atoms with E-state index in [0.717, 1.165) is 5.75 Å². The molecule has 1 aromatic carbocycles. The summed E-state index contributed by atoms with van der Waals surface area (Å²) in [5, 5.41) is 0. The SMILES string of the molecule is POc1ccccc1.[Na]. The largest absolute Gasteiger partial charge is 0.480 e. The number of rotatable bonds is 1. The van der Waals surface area contributed by atoms with Crippen LogP contribution in [0.4, 0.5) is 0 Å². The first kappa shape index (κ1) is 9.45. The van der Waals surface area contributed by atoms with Gasteiger partial charge in [-0.05, 0) is 12.1 Å². The first-order valence-electron chi connectivity index (χ1n) is 2.35. The van der Waals surface area contributed by atoms with Crippen molar-refractivity contribution in [3.8, 4) is 5.75 Å². The first-order chi connectivity index (χ1) is 3.93. The van der Waals surface area contributed by atoms with Gasteiger partial charge in [-0.3, -0.25) is 0 Å². The quantitative estimate of drug-likeness (QED) is 0.434. The summed E-state index contributed by atoms with van der Waals surface area (Å²) < 4.78 is 4.83. The Bertz CT molecular complexity index is 154. The second kappa shape index (κ2) is 5.25. The molecule has 1 rings (SSSR count). The summed E-state index contributed by atoms with van der Waals surface area (Å²) in [6, 6.07) is 9.60. The van der Waals surface area contributed by atoms with Crippen LogP contribution in [-0.2, 0) is 0 Å². The average molecular weight is 149 g/mol. The van der Waals surface area contributed by atoms with Gasteiger partial charge in [0.05, 0.1) is 9.47 Å². The standard InChI is InChI=1S/C6H7OP.Na/c8-7-6-4-2-1-3-5-6;/h1-5H,8H2;. The Hall–Kier alpha value is 0.450. The van der Waals surface area contributed by atoms with E-state index in [0.29, 0.717) is 0 Å². The maximum absolute atomic E-state index is 4.83. The van der Waals surface area contributed by atoms with Crippen LogP contribution >= 0.6 is 9.47 Å². The van der Waals surface area contributed by atoms with Gasteiger partial charge in [-0.15, -0.1) is 0 Å². The third kappa shape index (κ3) is 3.22. The molecule has 0 aliphatic heterocycles. The van der Waals surface area contributed by atoms with Gasteiger partial charge in [-0.2, -0.15) is 0 Å². The van der Waals surface area contributed by atoms with Crippen molar-refractivity contribution in [2.24, 2.45) is 0 Å². The maximum Gasteiger partial charge on any atom is 0.122 e. The fourth-order valence-electron chi connectivity index (χ4n) is 0.499. The van der Waals surface area contributed by atoms with E-state index in [1.165, 1.54) is 0 Å². The van der Waals surface area contributed by atoms with E-state index in [1.807, 2.05) is 30.3 Å². The van der Waals surface area contributed by atoms with Crippen molar-refractivity contribution in [2.45, 2.75) is 0 Å². The topological polar surface area (TPSA) is 9.23 Å². The molecule has 0 saturated carbocycles. The van der Waals surface area contributed by atoms with Crippen molar-refractivity contribution >= 4 is 39.0 Å². The Labute approximate surface area is 79.4 Å². The van der Waals surface area contributed by atoms with Crippen molar-refractivity contribution in [3.63, 3.8) is 0 Å². The van der Waals surface area contributed by atoms with Gasteiger partial charge in [-0.25, -0.2) is 0 Å². The van der Waals surface area contributed by atoms with E-state index >= 15 is 0 Å². The minimum Gasteiger partial charge on any atom is -0.480 e. The van der Waals surface area contributed by atoms with E-state index in [9.17, 15) is 0 Å². The molecule has 0 bridgehead atoms. The molecule has 1 atom stereocenters. The second-order valence-electron chi connectivity index (χ2n) is 1.43. The Balaban J connectivity index is 0.000000640. The van der Waals surface area contributed by atoms with Gasteiger partial charge in [0.25, 0.3) is 0 Å². The molecule has 0 heterocycles. The Morgan fingerprint density at radius 3 is 2.00 bits per heavy atom. The second-order valence-corrected chi connectivity index (χ2v) is 1.67. The summed E-state index contributed by atoms with van der Waals surface area (Å²) in [4.78, 5) is 0. The number of hydrogen-bond donors (Lipinski definition) is 0. The Morgan fingerprint density at radius 2 is 1.67 bits per heavy atom. The van der Waals surface area contributed by atoms with E-state index in [4.69, 9.17) is 4.52 Å². The number of para-hydroxylation sites is 1. The summed E-state index contributed by atoms with van der Waals surface area (Å²) in [7, 11) is 2.19. The van der Waals surface area contributed by atoms with Crippen LogP contribution < -0.4 is 4.52 Å². The van der Waals surface area contributed by atoms with Crippen molar-refractivity contribution in [1.29, 1.82) is 0 Å². The molecule has 0 amide bonds. The van der Waals surface area contributed by atoms with Gasteiger partial charge in [0, 0.05) is 29.6 Å². The molecule has 3 heteroatoms. The average Bonchev–Trinajstić information content (AvgIpc) is 1.90. The molecule has 1 unspecified atom stereocenters. The first-order valence-corrected chi connectivity index (χ1v) is 2.82. The van der Waals surface area contributed by atoms with Crippen LogP contribution in [0.5, 0.6) is 5.75 Å². The van der Waals surface area contributed by atoms with Crippen LogP contribution in [-0.4, -0.2) is 29.6 Å². The van der Waals surface area contributed by atoms with Gasteiger partial charge in [-0.1, -0.05) is 18.2 Å². The zero-order valence-corrected chi connectivity index (χ0v) is 8.53. The fraction of sp³-hybridized carbons (Fsp3) is 0. The molecule has 0 fully saturated rings. The maximum atomic E-state index is 4.83. The fourth-order valence-corrected chi connectivity index (χ4v) is 0.656. The molecule has 1 aromatic rings. The third-order valence-electron chi connectivity index (χ3n) is 0.879. The molecule has 1 nitrogen and oxygen atoms in total. The van der Waals surface area contributed by atoms with Crippen LogP contribution in [0.3, 0.4) is 0 Å². The summed E-state index contributed by atoms with van der Waals surface area (Å²) in [6.07, 6.45) is 0. The van der Waals surface area contributed by atoms with Crippen LogP contribution in [0.2, 0.25) is 0 Å². The molecule has 0 aliphatic carbocycles. The zero-order chi connectivity index (χ0) is 5.82. The minimum absolute atomic E-state index is 0. The molecule has 43 valence electrons. The molecule has 0 spiro atoms. The van der Waals surface area contributed by atoms with Crippen LogP contribution in [0.25, 0.3) is 0 Å². The Morgan fingerprint density at radius 1 is 1.11 bits per heavy atom. The monoisotopic (exact) mass is 149 g/mol. The normalized spacial score (nSPS) is 7.67. The van der Waals surface area contributed by atoms with Crippen LogP contribution in [0, 0.1) is 0 Å². The van der Waals surface area contributed by atoms with E-state index in [1.54, 1.807) is 0 Å². The summed E-state index contributed by atoms with van der Waals surface area (Å²) in [5.41, 5.74) is 0. The predicted molar refractivity (Wildman–Crippen MR) is 42.5 cm³/mol. The van der Waals surface area contributed by atoms with E-state index in [-0.39, 0.29) is 29.6 Å². The van der Waals surface area contributed by atoms with Crippen molar-refractivity contribution in [3.05, 3.63) is 30.3 Å². The molecular formula is C6H7NaOP. The van der Waals surface area contributed by atoms with Gasteiger partial charge < -0.3 is 4.52 Å². The van der Waals surface area contributed by atoms with Gasteiger partial charge in [0.1, 0.15) is 5.75 Å². The van der Waals surface area contributed by atoms with E-state index < -0.39 is 0 Å². The number of hydrogen-bond acceptors (Lipinski definition) is 1. The molecule has 0 N–H and O–H groups in total. The Kier molecular flexibility index (Phi) is 5.51. The predicted octanol–water partition coefficient (Wildman–Crippen LogP) is 1.47. The van der Waals surface area contributed by atoms with Crippen molar-refractivity contribution in [1.82, 2.24) is 0 Å². The van der Waals surface area contributed by atoms with Crippen LogP contribution in [0.15, 0.2) is 30.3 Å². The van der Waals surface area contributed by atoms with Crippen LogP contribution in [0.1, 0.15) is 0 Å². The smallest absolute Gasteiger partial charge is 0.122 e. The van der Waals surface area contributed by atoms with E-state index in [2.05, 4.69) is 9.47 Å². The van der Waals surface area contributed by atoms with Gasteiger partial charge >= 0.3 is 0 Å². The molecular weight excluding hydrogens is 142 g/mol. The minimum atomic E-state index is 0. The zero-order valence-electron chi connectivity index (χ0n) is 5.37. The molecule has 0 saturated heterocycles. The summed E-state index contributed by atoms with van der Waals surface area (Å²) in [6.45, 7) is 0. The molecule has 9 heavy (non-hydrogen) atoms. The van der Waals surface area contributed by atoms with Gasteiger partial charge in [0.15, 0.2) is 0 Å². The third-order valence-corrected chi connectivity index (χ3v) is 1.15. The molecule has 0 aromatic heterocycles. The number of benzene rings is 1. The molecule has 1 radical (unpaired) electrons. The summed E-state index contributed by atoms with van der Waals surface area (Å²) in [5.74, 6) is 0.873. The van der Waals surface area contributed by atoms with Crippen molar-refractivity contribution in [2.75, 3.05) is 0 Å². The van der Waals surface area contributed by atoms with Gasteiger partial charge in [0.2, 0.25) is 0 Å². The molecule has 0 aliphatic rings. The summed E-state index contributed by atoms with van der Waals surface area (Å²) >= 11 is 0. The van der Waals surface area contributed by atoms with Crippen molar-refractivity contribution < 1.29 is 4.52 Å².